The molecule has 0 atom stereocenters. The number of hydrogen-bond donors (Lipinski definition) is 0. The summed E-state index contributed by atoms with van der Waals surface area (Å²) >= 11 is 0. The molecule has 3 nitrogen and oxygen atoms in total. The minimum absolute atomic E-state index is 0.132. The van der Waals surface area contributed by atoms with Gasteiger partial charge in [0.25, 0.3) is 0 Å². The average molecular weight is 749 g/mol. The van der Waals surface area contributed by atoms with Crippen molar-refractivity contribution >= 4 is 34.1 Å². The van der Waals surface area contributed by atoms with E-state index in [9.17, 15) is 0 Å². The maximum absolute atomic E-state index is 7.05. The minimum atomic E-state index is -0.254. The molecule has 1 aliphatic carbocycles. The molecule has 0 unspecified atom stereocenters. The zero-order valence-corrected chi connectivity index (χ0v) is 33.5. The molecule has 0 bridgehead atoms. The summed E-state index contributed by atoms with van der Waals surface area (Å²) in [5.74, 6) is 1.73. The number of rotatable bonds is 5. The smallest absolute Gasteiger partial charge is 0.152 e. The molecule has 2 heterocycles. The van der Waals surface area contributed by atoms with Gasteiger partial charge >= 0.3 is 0 Å². The Labute approximate surface area is 341 Å². The molecule has 280 valence electrons. The quantitative estimate of drug-likeness (QED) is 0.174. The van der Waals surface area contributed by atoms with E-state index in [0.29, 0.717) is 0 Å². The third-order valence-electron chi connectivity index (χ3n) is 13.0. The SMILES string of the molecule is Cc1c(N(c2ccc(-c3ccccc3)cc2)c2ccc3c(c2)C(C)(C)c2ccccc2-3)ccc2c1N1c3ccccc3C(C)(C)c3cc(-c4ccccc4)cc(c31)O2. The van der Waals surface area contributed by atoms with Gasteiger partial charge in [0.2, 0.25) is 0 Å². The van der Waals surface area contributed by atoms with Crippen LogP contribution in [0.15, 0.2) is 176 Å². The second kappa shape index (κ2) is 12.6. The molecule has 11 rings (SSSR count). The highest BCUT2D eigenvalue weighted by atomic mass is 16.5. The summed E-state index contributed by atoms with van der Waals surface area (Å²) in [6, 6.07) is 64.2. The average Bonchev–Trinajstić information content (AvgIpc) is 3.49. The van der Waals surface area contributed by atoms with Gasteiger partial charge in [-0.1, -0.05) is 149 Å². The van der Waals surface area contributed by atoms with Crippen LogP contribution >= 0.6 is 0 Å². The summed E-state index contributed by atoms with van der Waals surface area (Å²) in [4.78, 5) is 4.93. The molecule has 0 spiro atoms. The highest BCUT2D eigenvalue weighted by Crippen LogP contribution is 2.62. The standard InChI is InChI=1S/C55H44N2O/c1-35-48(30-31-50-52(35)57-49-23-15-14-22-45(49)55(4,5)47-32-39(33-51(58-50)53(47)57)37-18-10-7-11-19-37)56(40-26-24-38(25-27-40)36-16-8-6-9-17-36)41-28-29-43-42-20-12-13-21-44(42)54(2,3)46(43)34-41/h6-34H,1-5H3. The van der Waals surface area contributed by atoms with Crippen molar-refractivity contribution in [2.75, 3.05) is 9.80 Å². The molecule has 0 saturated heterocycles. The van der Waals surface area contributed by atoms with Gasteiger partial charge in [-0.15, -0.1) is 0 Å². The highest BCUT2D eigenvalue weighted by molar-refractivity contribution is 5.98. The summed E-state index contributed by atoms with van der Waals surface area (Å²) in [5, 5.41) is 0. The van der Waals surface area contributed by atoms with E-state index < -0.39 is 0 Å². The van der Waals surface area contributed by atoms with Gasteiger partial charge in [-0.05, 0) is 117 Å². The van der Waals surface area contributed by atoms with Gasteiger partial charge in [-0.2, -0.15) is 0 Å². The fourth-order valence-corrected chi connectivity index (χ4v) is 9.96. The second-order valence-corrected chi connectivity index (χ2v) is 17.0. The van der Waals surface area contributed by atoms with E-state index >= 15 is 0 Å². The molecule has 0 N–H and O–H groups in total. The molecule has 58 heavy (non-hydrogen) atoms. The van der Waals surface area contributed by atoms with Crippen LogP contribution in [0.5, 0.6) is 11.5 Å². The number of hydrogen-bond acceptors (Lipinski definition) is 3. The first-order valence-electron chi connectivity index (χ1n) is 20.4. The molecule has 0 saturated carbocycles. The Hall–Kier alpha value is -6.84. The Morgan fingerprint density at radius 1 is 0.431 bits per heavy atom. The normalized spacial score (nSPS) is 14.7. The molecule has 0 fully saturated rings. The number of ether oxygens (including phenoxy) is 1. The predicted octanol–water partition coefficient (Wildman–Crippen LogP) is 15.3. The lowest BCUT2D eigenvalue weighted by Crippen LogP contribution is -2.33. The Morgan fingerprint density at radius 2 is 1.02 bits per heavy atom. The number of nitrogens with zero attached hydrogens (tertiary/aromatic N) is 2. The van der Waals surface area contributed by atoms with Crippen LogP contribution in [-0.2, 0) is 10.8 Å². The van der Waals surface area contributed by atoms with Crippen molar-refractivity contribution in [3.05, 3.63) is 204 Å². The van der Waals surface area contributed by atoms with Crippen LogP contribution in [0.4, 0.5) is 34.1 Å². The number of benzene rings is 8. The lowest BCUT2D eigenvalue weighted by molar-refractivity contribution is 0.471. The third-order valence-corrected chi connectivity index (χ3v) is 13.0. The monoisotopic (exact) mass is 748 g/mol. The molecule has 0 aromatic heterocycles. The van der Waals surface area contributed by atoms with Gasteiger partial charge in [0.05, 0.1) is 22.7 Å². The Kier molecular flexibility index (Phi) is 7.46. The van der Waals surface area contributed by atoms with Crippen molar-refractivity contribution in [2.45, 2.75) is 45.4 Å². The summed E-state index contributed by atoms with van der Waals surface area (Å²) in [6.45, 7) is 11.7. The number of anilines is 6. The number of fused-ring (bicyclic) bond motifs is 7. The number of para-hydroxylation sites is 1. The Morgan fingerprint density at radius 3 is 1.76 bits per heavy atom. The zero-order chi connectivity index (χ0) is 39.3. The van der Waals surface area contributed by atoms with Crippen LogP contribution in [-0.4, -0.2) is 0 Å². The summed E-state index contributed by atoms with van der Waals surface area (Å²) < 4.78 is 7.05. The van der Waals surface area contributed by atoms with E-state index in [0.717, 1.165) is 51.1 Å². The lowest BCUT2D eigenvalue weighted by atomic mass is 9.72. The molecular weight excluding hydrogens is 705 g/mol. The van der Waals surface area contributed by atoms with Crippen molar-refractivity contribution in [1.82, 2.24) is 0 Å². The van der Waals surface area contributed by atoms with Crippen LogP contribution in [0, 0.1) is 6.92 Å². The van der Waals surface area contributed by atoms with Crippen LogP contribution in [0.3, 0.4) is 0 Å². The first-order chi connectivity index (χ1) is 28.2. The first kappa shape index (κ1) is 34.4. The maximum Gasteiger partial charge on any atom is 0.152 e. The van der Waals surface area contributed by atoms with Gasteiger partial charge in [-0.25, -0.2) is 0 Å². The van der Waals surface area contributed by atoms with Crippen molar-refractivity contribution in [1.29, 1.82) is 0 Å². The van der Waals surface area contributed by atoms with E-state index in [1.54, 1.807) is 0 Å². The molecule has 3 heteroatoms. The van der Waals surface area contributed by atoms with Gasteiger partial charge in [-0.3, -0.25) is 0 Å². The minimum Gasteiger partial charge on any atom is -0.453 e. The molecule has 8 aromatic rings. The molecule has 3 aliphatic rings. The lowest BCUT2D eigenvalue weighted by Gasteiger charge is -2.46. The van der Waals surface area contributed by atoms with Crippen LogP contribution in [0.2, 0.25) is 0 Å². The molecule has 0 amide bonds. The predicted molar refractivity (Wildman–Crippen MR) is 241 cm³/mol. The largest absolute Gasteiger partial charge is 0.453 e. The summed E-state index contributed by atoms with van der Waals surface area (Å²) in [6.07, 6.45) is 0. The van der Waals surface area contributed by atoms with Crippen LogP contribution in [0.1, 0.15) is 55.5 Å². The fraction of sp³-hybridized carbons (Fsp3) is 0.127. The molecule has 8 aromatic carbocycles. The zero-order valence-electron chi connectivity index (χ0n) is 33.5. The summed E-state index contributed by atoms with van der Waals surface area (Å²) in [5.41, 5.74) is 20.1. The van der Waals surface area contributed by atoms with Gasteiger partial charge in [0.15, 0.2) is 11.5 Å². The highest BCUT2D eigenvalue weighted by Gasteiger charge is 2.43. The van der Waals surface area contributed by atoms with Crippen LogP contribution in [0.25, 0.3) is 33.4 Å². The second-order valence-electron chi connectivity index (χ2n) is 17.0. The van der Waals surface area contributed by atoms with Gasteiger partial charge in [0.1, 0.15) is 0 Å². The van der Waals surface area contributed by atoms with Crippen LogP contribution < -0.4 is 14.5 Å². The topological polar surface area (TPSA) is 15.7 Å². The van der Waals surface area contributed by atoms with Crippen molar-refractivity contribution < 1.29 is 4.74 Å². The van der Waals surface area contributed by atoms with E-state index in [1.165, 1.54) is 55.8 Å². The molecule has 2 aliphatic heterocycles. The molecule has 0 radical (unpaired) electrons. The van der Waals surface area contributed by atoms with Crippen molar-refractivity contribution in [2.24, 2.45) is 0 Å². The molecular formula is C55H44N2O. The Balaban J connectivity index is 1.12. The van der Waals surface area contributed by atoms with E-state index in [2.05, 4.69) is 220 Å². The Bertz CT molecular complexity index is 2930. The van der Waals surface area contributed by atoms with Gasteiger partial charge in [0, 0.05) is 27.8 Å². The van der Waals surface area contributed by atoms with E-state index in [-0.39, 0.29) is 10.8 Å². The van der Waals surface area contributed by atoms with E-state index in [1.807, 2.05) is 0 Å². The van der Waals surface area contributed by atoms with Crippen molar-refractivity contribution in [3.8, 4) is 44.9 Å². The maximum atomic E-state index is 7.05. The van der Waals surface area contributed by atoms with E-state index in [4.69, 9.17) is 4.74 Å². The van der Waals surface area contributed by atoms with Crippen molar-refractivity contribution in [3.63, 3.8) is 0 Å². The van der Waals surface area contributed by atoms with Gasteiger partial charge < -0.3 is 14.5 Å². The fourth-order valence-electron chi connectivity index (χ4n) is 9.96. The summed E-state index contributed by atoms with van der Waals surface area (Å²) in [7, 11) is 0. The first-order valence-corrected chi connectivity index (χ1v) is 20.4. The third kappa shape index (κ3) is 4.99.